The minimum Gasteiger partial charge on any atom is -0.265 e. The monoisotopic (exact) mass is 212 g/mol. The van der Waals surface area contributed by atoms with E-state index in [0.717, 1.165) is 11.1 Å². The molecule has 0 atom stereocenters. The summed E-state index contributed by atoms with van der Waals surface area (Å²) in [5.74, 6) is -0.304. The van der Waals surface area contributed by atoms with E-state index < -0.39 is 0 Å². The molecule has 1 heterocycles. The Bertz CT molecular complexity index is 486. The Balaban J connectivity index is 2.34. The highest BCUT2D eigenvalue weighted by molar-refractivity contribution is 5.67. The second-order valence-corrected chi connectivity index (χ2v) is 3.37. The summed E-state index contributed by atoms with van der Waals surface area (Å²) in [4.78, 5) is 3.95. The number of aromatic nitrogens is 1. The molecule has 1 aromatic heterocycles. The quantitative estimate of drug-likeness (QED) is 0.735. The zero-order valence-corrected chi connectivity index (χ0v) is 8.73. The average Bonchev–Trinajstić information content (AvgIpc) is 2.39. The molecule has 1 nitrogen and oxygen atoms in total. The van der Waals surface area contributed by atoms with Gasteiger partial charge in [-0.2, -0.15) is 0 Å². The van der Waals surface area contributed by atoms with Crippen molar-refractivity contribution in [3.05, 3.63) is 67.4 Å². The first-order chi connectivity index (χ1) is 7.81. The summed E-state index contributed by atoms with van der Waals surface area (Å²) in [6, 6.07) is 11.1. The minimum absolute atomic E-state index is 0.304. The van der Waals surface area contributed by atoms with Gasteiger partial charge in [-0.1, -0.05) is 24.3 Å². The molecule has 2 heteroatoms. The molecule has 0 bridgehead atoms. The Morgan fingerprint density at radius 1 is 1.00 bits per heavy atom. The standard InChI is InChI=1S/C14H11FN/c1-2-14(15)13-5-3-11(4-6-13)12-7-9-16-10-8-12/h2-10H,1H2/b14-2-. The molecule has 0 fully saturated rings. The molecule has 79 valence electrons. The molecule has 0 amide bonds. The summed E-state index contributed by atoms with van der Waals surface area (Å²) in [6.45, 7) is 3.40. The molecule has 0 aliphatic rings. The van der Waals surface area contributed by atoms with Crippen LogP contribution in [0.1, 0.15) is 5.56 Å². The van der Waals surface area contributed by atoms with Gasteiger partial charge in [0.05, 0.1) is 0 Å². The minimum atomic E-state index is -0.304. The summed E-state index contributed by atoms with van der Waals surface area (Å²) >= 11 is 0. The fourth-order valence-corrected chi connectivity index (χ4v) is 1.48. The van der Waals surface area contributed by atoms with Crippen molar-refractivity contribution in [3.8, 4) is 11.1 Å². The van der Waals surface area contributed by atoms with Gasteiger partial charge in [0.25, 0.3) is 0 Å². The van der Waals surface area contributed by atoms with Gasteiger partial charge < -0.3 is 0 Å². The highest BCUT2D eigenvalue weighted by Gasteiger charge is 2.00. The van der Waals surface area contributed by atoms with Crippen LogP contribution in [0, 0.1) is 6.92 Å². The van der Waals surface area contributed by atoms with E-state index in [2.05, 4.69) is 11.9 Å². The van der Waals surface area contributed by atoms with Crippen LogP contribution in [0.4, 0.5) is 4.39 Å². The molecule has 0 saturated carbocycles. The molecule has 0 aliphatic carbocycles. The van der Waals surface area contributed by atoms with Crippen molar-refractivity contribution in [2.75, 3.05) is 0 Å². The van der Waals surface area contributed by atoms with Gasteiger partial charge in [0.1, 0.15) is 5.83 Å². The zero-order chi connectivity index (χ0) is 11.4. The predicted molar refractivity (Wildman–Crippen MR) is 64.1 cm³/mol. The van der Waals surface area contributed by atoms with Crippen LogP contribution in [0.2, 0.25) is 0 Å². The largest absolute Gasteiger partial charge is 0.265 e. The number of halogens is 1. The number of benzene rings is 1. The molecule has 1 radical (unpaired) electrons. The Kier molecular flexibility index (Phi) is 3.10. The fraction of sp³-hybridized carbons (Fsp3) is 0. The molecule has 16 heavy (non-hydrogen) atoms. The van der Waals surface area contributed by atoms with Crippen LogP contribution in [0.3, 0.4) is 0 Å². The smallest absolute Gasteiger partial charge is 0.126 e. The molecule has 2 aromatic rings. The average molecular weight is 212 g/mol. The zero-order valence-electron chi connectivity index (χ0n) is 8.73. The maximum atomic E-state index is 13.2. The van der Waals surface area contributed by atoms with Crippen molar-refractivity contribution < 1.29 is 4.39 Å². The lowest BCUT2D eigenvalue weighted by atomic mass is 10.0. The van der Waals surface area contributed by atoms with Gasteiger partial charge in [0.2, 0.25) is 0 Å². The van der Waals surface area contributed by atoms with E-state index >= 15 is 0 Å². The number of rotatable bonds is 2. The van der Waals surface area contributed by atoms with Crippen molar-refractivity contribution in [1.82, 2.24) is 4.98 Å². The van der Waals surface area contributed by atoms with Gasteiger partial charge in [0, 0.05) is 18.0 Å². The second kappa shape index (κ2) is 4.71. The third kappa shape index (κ3) is 2.16. The molecule has 2 rings (SSSR count). The second-order valence-electron chi connectivity index (χ2n) is 3.37. The summed E-state index contributed by atoms with van der Waals surface area (Å²) in [6.07, 6.45) is 4.68. The molecule has 0 spiro atoms. The van der Waals surface area contributed by atoms with Gasteiger partial charge in [0.15, 0.2) is 0 Å². The molecule has 1 aromatic carbocycles. The van der Waals surface area contributed by atoms with Crippen LogP contribution in [0.5, 0.6) is 0 Å². The first kappa shape index (κ1) is 10.6. The lowest BCUT2D eigenvalue weighted by Crippen LogP contribution is -1.81. The number of pyridine rings is 1. The lowest BCUT2D eigenvalue weighted by molar-refractivity contribution is 0.760. The van der Waals surface area contributed by atoms with Crippen LogP contribution in [0.25, 0.3) is 17.0 Å². The van der Waals surface area contributed by atoms with E-state index in [4.69, 9.17) is 0 Å². The Labute approximate surface area is 94.3 Å². The third-order valence-electron chi connectivity index (χ3n) is 2.35. The number of hydrogen-bond acceptors (Lipinski definition) is 1. The van der Waals surface area contributed by atoms with E-state index in [9.17, 15) is 4.39 Å². The molecule has 0 N–H and O–H groups in total. The van der Waals surface area contributed by atoms with E-state index in [0.29, 0.717) is 5.56 Å². The van der Waals surface area contributed by atoms with Gasteiger partial charge >= 0.3 is 0 Å². The summed E-state index contributed by atoms with van der Waals surface area (Å²) in [5.41, 5.74) is 2.66. The summed E-state index contributed by atoms with van der Waals surface area (Å²) < 4.78 is 13.2. The number of hydrogen-bond donors (Lipinski definition) is 0. The van der Waals surface area contributed by atoms with Crippen LogP contribution in [-0.2, 0) is 0 Å². The van der Waals surface area contributed by atoms with Gasteiger partial charge in [-0.05, 0) is 36.3 Å². The SMILES string of the molecule is [CH2]/C=C(\F)c1ccc(-c2ccncc2)cc1. The Morgan fingerprint density at radius 2 is 1.56 bits per heavy atom. The summed E-state index contributed by atoms with van der Waals surface area (Å²) in [5, 5.41) is 0. The van der Waals surface area contributed by atoms with E-state index in [-0.39, 0.29) is 5.83 Å². The van der Waals surface area contributed by atoms with Crippen LogP contribution in [0.15, 0.2) is 54.9 Å². The van der Waals surface area contributed by atoms with Crippen molar-refractivity contribution in [3.63, 3.8) is 0 Å². The van der Waals surface area contributed by atoms with E-state index in [1.54, 1.807) is 24.5 Å². The molecular formula is C14H11FN. The van der Waals surface area contributed by atoms with Gasteiger partial charge in [-0.15, -0.1) is 0 Å². The van der Waals surface area contributed by atoms with Crippen molar-refractivity contribution in [2.24, 2.45) is 0 Å². The number of allylic oxidation sites excluding steroid dienone is 1. The Hall–Kier alpha value is -1.96. The first-order valence-corrected chi connectivity index (χ1v) is 4.97. The van der Waals surface area contributed by atoms with E-state index in [1.165, 1.54) is 6.08 Å². The number of nitrogens with zero attached hydrogens (tertiary/aromatic N) is 1. The predicted octanol–water partition coefficient (Wildman–Crippen LogP) is 3.89. The maximum absolute atomic E-state index is 13.2. The van der Waals surface area contributed by atoms with Crippen LogP contribution < -0.4 is 0 Å². The lowest BCUT2D eigenvalue weighted by Gasteiger charge is -2.02. The third-order valence-corrected chi connectivity index (χ3v) is 2.35. The van der Waals surface area contributed by atoms with Crippen molar-refractivity contribution in [1.29, 1.82) is 0 Å². The van der Waals surface area contributed by atoms with Crippen LogP contribution in [-0.4, -0.2) is 4.98 Å². The molecule has 0 saturated heterocycles. The first-order valence-electron chi connectivity index (χ1n) is 4.97. The molecule has 0 unspecified atom stereocenters. The Morgan fingerprint density at radius 3 is 2.12 bits per heavy atom. The van der Waals surface area contributed by atoms with Crippen molar-refractivity contribution in [2.45, 2.75) is 0 Å². The normalized spacial score (nSPS) is 11.5. The highest BCUT2D eigenvalue weighted by atomic mass is 19.1. The molecule has 0 aliphatic heterocycles. The maximum Gasteiger partial charge on any atom is 0.126 e. The van der Waals surface area contributed by atoms with Gasteiger partial charge in [-0.3, -0.25) is 4.98 Å². The fourth-order valence-electron chi connectivity index (χ4n) is 1.48. The van der Waals surface area contributed by atoms with E-state index in [1.807, 2.05) is 24.3 Å². The van der Waals surface area contributed by atoms with Crippen molar-refractivity contribution >= 4 is 5.83 Å². The summed E-state index contributed by atoms with van der Waals surface area (Å²) in [7, 11) is 0. The van der Waals surface area contributed by atoms with Crippen LogP contribution >= 0.6 is 0 Å². The van der Waals surface area contributed by atoms with Gasteiger partial charge in [-0.25, -0.2) is 4.39 Å². The molecular weight excluding hydrogens is 201 g/mol. The topological polar surface area (TPSA) is 12.9 Å². The highest BCUT2D eigenvalue weighted by Crippen LogP contribution is 2.22.